The van der Waals surface area contributed by atoms with Gasteiger partial charge in [-0.2, -0.15) is 0 Å². The van der Waals surface area contributed by atoms with Crippen molar-refractivity contribution >= 4 is 5.97 Å². The van der Waals surface area contributed by atoms with Crippen LogP contribution in [0.4, 0.5) is 0 Å². The van der Waals surface area contributed by atoms with E-state index < -0.39 is 5.97 Å². The highest BCUT2D eigenvalue weighted by Gasteiger charge is 2.30. The van der Waals surface area contributed by atoms with Gasteiger partial charge in [0.15, 0.2) is 0 Å². The van der Waals surface area contributed by atoms with Crippen molar-refractivity contribution in [3.8, 4) is 0 Å². The summed E-state index contributed by atoms with van der Waals surface area (Å²) in [6.45, 7) is 11.0. The number of carbonyl (C=O) groups is 1. The molecule has 1 unspecified atom stereocenters. The lowest BCUT2D eigenvalue weighted by Crippen LogP contribution is -2.46. The highest BCUT2D eigenvalue weighted by molar-refractivity contribution is 5.66. The molecule has 17 heavy (non-hydrogen) atoms. The molecule has 1 atom stereocenters. The second-order valence-corrected chi connectivity index (χ2v) is 5.34. The van der Waals surface area contributed by atoms with Crippen molar-refractivity contribution in [2.75, 3.05) is 19.6 Å². The lowest BCUT2D eigenvalue weighted by molar-refractivity contribution is -0.137. The first-order valence-corrected chi connectivity index (χ1v) is 6.27. The van der Waals surface area contributed by atoms with Crippen LogP contribution >= 0.6 is 0 Å². The Morgan fingerprint density at radius 1 is 1.65 bits per heavy atom. The molecule has 0 aromatic carbocycles. The Morgan fingerprint density at radius 2 is 2.35 bits per heavy atom. The minimum absolute atomic E-state index is 0.152. The molecule has 4 heteroatoms. The van der Waals surface area contributed by atoms with Crippen LogP contribution in [-0.2, 0) is 4.79 Å². The molecule has 2 N–H and O–H groups in total. The number of hydrogen-bond acceptors (Lipinski definition) is 3. The second kappa shape index (κ2) is 6.17. The van der Waals surface area contributed by atoms with Gasteiger partial charge in [-0.1, -0.05) is 6.08 Å². The van der Waals surface area contributed by atoms with Crippen LogP contribution in [0.25, 0.3) is 0 Å². The van der Waals surface area contributed by atoms with Gasteiger partial charge in [-0.05, 0) is 33.2 Å². The molecular weight excluding hydrogens is 216 g/mol. The van der Waals surface area contributed by atoms with Crippen LogP contribution in [0.15, 0.2) is 12.7 Å². The highest BCUT2D eigenvalue weighted by atomic mass is 16.4. The van der Waals surface area contributed by atoms with Crippen molar-refractivity contribution in [3.63, 3.8) is 0 Å². The van der Waals surface area contributed by atoms with Gasteiger partial charge in [-0.25, -0.2) is 0 Å². The third-order valence-electron chi connectivity index (χ3n) is 3.52. The van der Waals surface area contributed by atoms with Gasteiger partial charge in [-0.3, -0.25) is 9.69 Å². The molecule has 1 rings (SSSR count). The van der Waals surface area contributed by atoms with Gasteiger partial charge in [-0.15, -0.1) is 6.58 Å². The largest absolute Gasteiger partial charge is 0.481 e. The number of hydrogen-bond donors (Lipinski definition) is 2. The molecule has 1 aliphatic rings. The van der Waals surface area contributed by atoms with Crippen molar-refractivity contribution < 1.29 is 9.90 Å². The second-order valence-electron chi connectivity index (χ2n) is 5.34. The topological polar surface area (TPSA) is 52.6 Å². The molecule has 4 nitrogen and oxygen atoms in total. The van der Waals surface area contributed by atoms with Crippen molar-refractivity contribution in [3.05, 3.63) is 12.7 Å². The number of carboxylic acids is 1. The van der Waals surface area contributed by atoms with E-state index in [0.29, 0.717) is 6.42 Å². The van der Waals surface area contributed by atoms with Crippen molar-refractivity contribution in [2.24, 2.45) is 0 Å². The average Bonchev–Trinajstić information content (AvgIpc) is 2.36. The fourth-order valence-corrected chi connectivity index (χ4v) is 2.29. The van der Waals surface area contributed by atoms with E-state index in [0.717, 1.165) is 26.1 Å². The summed E-state index contributed by atoms with van der Waals surface area (Å²) in [5, 5.41) is 12.2. The third-order valence-corrected chi connectivity index (χ3v) is 3.52. The Kier molecular flexibility index (Phi) is 5.15. The first kappa shape index (κ1) is 14.2. The predicted molar refractivity (Wildman–Crippen MR) is 69.1 cm³/mol. The number of carboxylic acid groups (broad SMARTS) is 1. The monoisotopic (exact) mass is 240 g/mol. The molecule has 98 valence electrons. The quantitative estimate of drug-likeness (QED) is 0.715. The molecule has 0 radical (unpaired) electrons. The SMILES string of the molecule is C=CCN1CC(CCC(=O)O)NCCC1(C)C. The molecule has 0 aromatic rings. The summed E-state index contributed by atoms with van der Waals surface area (Å²) in [6, 6.07) is 0.271. The zero-order valence-electron chi connectivity index (χ0n) is 10.9. The number of nitrogens with zero attached hydrogens (tertiary/aromatic N) is 1. The van der Waals surface area contributed by atoms with Crippen LogP contribution in [0.1, 0.15) is 33.1 Å². The van der Waals surface area contributed by atoms with Gasteiger partial charge in [0.1, 0.15) is 0 Å². The van der Waals surface area contributed by atoms with Crippen LogP contribution in [0.2, 0.25) is 0 Å². The van der Waals surface area contributed by atoms with Gasteiger partial charge in [0.2, 0.25) is 0 Å². The number of nitrogens with one attached hydrogen (secondary N) is 1. The molecule has 0 amide bonds. The maximum absolute atomic E-state index is 10.6. The van der Waals surface area contributed by atoms with Crippen LogP contribution in [-0.4, -0.2) is 47.2 Å². The normalized spacial score (nSPS) is 25.2. The first-order valence-electron chi connectivity index (χ1n) is 6.27. The minimum atomic E-state index is -0.717. The summed E-state index contributed by atoms with van der Waals surface area (Å²) in [4.78, 5) is 13.0. The van der Waals surface area contributed by atoms with E-state index in [9.17, 15) is 4.79 Å². The van der Waals surface area contributed by atoms with Gasteiger partial charge in [0.25, 0.3) is 0 Å². The summed E-state index contributed by atoms with van der Waals surface area (Å²) in [5.41, 5.74) is 0.152. The molecule has 0 aliphatic carbocycles. The summed E-state index contributed by atoms with van der Waals surface area (Å²) >= 11 is 0. The van der Waals surface area contributed by atoms with Gasteiger partial charge in [0.05, 0.1) is 0 Å². The van der Waals surface area contributed by atoms with E-state index in [1.165, 1.54) is 0 Å². The maximum atomic E-state index is 10.6. The number of aliphatic carboxylic acids is 1. The van der Waals surface area contributed by atoms with E-state index in [1.807, 2.05) is 6.08 Å². The zero-order valence-corrected chi connectivity index (χ0v) is 10.9. The summed E-state index contributed by atoms with van der Waals surface area (Å²) in [6.07, 6.45) is 3.92. The summed E-state index contributed by atoms with van der Waals surface area (Å²) in [5.74, 6) is -0.717. The van der Waals surface area contributed by atoms with Crippen LogP contribution in [0.5, 0.6) is 0 Å². The van der Waals surface area contributed by atoms with E-state index >= 15 is 0 Å². The molecule has 0 spiro atoms. The van der Waals surface area contributed by atoms with Crippen molar-refractivity contribution in [1.82, 2.24) is 10.2 Å². The van der Waals surface area contributed by atoms with Crippen LogP contribution in [0, 0.1) is 0 Å². The van der Waals surface area contributed by atoms with Gasteiger partial charge < -0.3 is 10.4 Å². The Bertz CT molecular complexity index is 277. The fraction of sp³-hybridized carbons (Fsp3) is 0.769. The smallest absolute Gasteiger partial charge is 0.303 e. The van der Waals surface area contributed by atoms with E-state index in [4.69, 9.17) is 5.11 Å². The Morgan fingerprint density at radius 3 is 2.94 bits per heavy atom. The number of rotatable bonds is 5. The Balaban J connectivity index is 2.59. The molecule has 0 saturated carbocycles. The molecule has 0 aromatic heterocycles. The minimum Gasteiger partial charge on any atom is -0.481 e. The molecule has 1 aliphatic heterocycles. The van der Waals surface area contributed by atoms with Crippen LogP contribution < -0.4 is 5.32 Å². The molecule has 0 bridgehead atoms. The predicted octanol–water partition coefficient (Wildman–Crippen LogP) is 1.48. The van der Waals surface area contributed by atoms with E-state index in [-0.39, 0.29) is 18.0 Å². The molecule has 1 saturated heterocycles. The molecular formula is C13H24N2O2. The van der Waals surface area contributed by atoms with E-state index in [1.54, 1.807) is 0 Å². The summed E-state index contributed by atoms with van der Waals surface area (Å²) < 4.78 is 0. The first-order chi connectivity index (χ1) is 7.95. The lowest BCUT2D eigenvalue weighted by atomic mass is 9.98. The lowest BCUT2D eigenvalue weighted by Gasteiger charge is -2.37. The van der Waals surface area contributed by atoms with Crippen molar-refractivity contribution in [2.45, 2.75) is 44.7 Å². The average molecular weight is 240 g/mol. The summed E-state index contributed by atoms with van der Waals surface area (Å²) in [7, 11) is 0. The van der Waals surface area contributed by atoms with Crippen molar-refractivity contribution in [1.29, 1.82) is 0 Å². The van der Waals surface area contributed by atoms with Gasteiger partial charge in [0, 0.05) is 31.1 Å². The standard InChI is InChI=1S/C13H24N2O2/c1-4-9-15-10-11(5-6-12(16)17)14-8-7-13(15,2)3/h4,11,14H,1,5-10H2,2-3H3,(H,16,17). The maximum Gasteiger partial charge on any atom is 0.303 e. The van der Waals surface area contributed by atoms with Gasteiger partial charge >= 0.3 is 5.97 Å². The van der Waals surface area contributed by atoms with E-state index in [2.05, 4.69) is 30.6 Å². The molecule has 1 heterocycles. The third kappa shape index (κ3) is 4.48. The fourth-order valence-electron chi connectivity index (χ4n) is 2.29. The van der Waals surface area contributed by atoms with Crippen LogP contribution in [0.3, 0.4) is 0 Å². The zero-order chi connectivity index (χ0) is 12.9. The molecule has 1 fully saturated rings. The highest BCUT2D eigenvalue weighted by Crippen LogP contribution is 2.22. The Labute approximate surface area is 104 Å². The Hall–Kier alpha value is -0.870.